The molecule has 0 aromatic rings. The van der Waals surface area contributed by atoms with Crippen LogP contribution in [0.1, 0.15) is 113 Å². The minimum Gasteiger partial charge on any atom is -0.481 e. The minimum absolute atomic E-state index is 0.00184. The number of fused-ring (bicyclic) bond motifs is 7. The second kappa shape index (κ2) is 8.75. The molecule has 0 bridgehead atoms. The number of ketones is 1. The van der Waals surface area contributed by atoms with Gasteiger partial charge in [0.05, 0.1) is 0 Å². The van der Waals surface area contributed by atoms with Crippen molar-refractivity contribution in [1.82, 2.24) is 0 Å². The number of aliphatic hydroxyl groups is 1. The van der Waals surface area contributed by atoms with Crippen molar-refractivity contribution in [3.63, 3.8) is 0 Å². The fraction of sp³-hybridized carbons (Fsp3) is 0.848. The summed E-state index contributed by atoms with van der Waals surface area (Å²) in [6.45, 7) is 16.4. The van der Waals surface area contributed by atoms with Gasteiger partial charge in [-0.05, 0) is 114 Å². The van der Waals surface area contributed by atoms with E-state index in [2.05, 4.69) is 48.5 Å². The fourth-order valence-corrected chi connectivity index (χ4v) is 11.8. The molecule has 2 N–H and O–H groups in total. The topological polar surface area (TPSA) is 91.7 Å². The monoisotopic (exact) mass is 526 g/mol. The Kier molecular flexibility index (Phi) is 6.46. The van der Waals surface area contributed by atoms with Crippen molar-refractivity contribution in [3.05, 3.63) is 11.1 Å². The number of Topliss-reactive ketones (excluding diaryl/α,β-unsaturated/α-hetero) is 1. The number of aldehydes is 1. The van der Waals surface area contributed by atoms with Gasteiger partial charge in [0.15, 0.2) is 5.78 Å². The molecule has 212 valence electrons. The van der Waals surface area contributed by atoms with Crippen LogP contribution in [0.4, 0.5) is 0 Å². The number of hydrogen-bond acceptors (Lipinski definition) is 4. The number of carboxylic acid groups (broad SMARTS) is 1. The minimum atomic E-state index is -1.12. The van der Waals surface area contributed by atoms with Crippen molar-refractivity contribution in [3.8, 4) is 0 Å². The highest BCUT2D eigenvalue weighted by molar-refractivity contribution is 6.01. The molecule has 5 aliphatic rings. The van der Waals surface area contributed by atoms with Crippen molar-refractivity contribution in [2.45, 2.75) is 119 Å². The Morgan fingerprint density at radius 3 is 2.24 bits per heavy atom. The molecule has 0 spiro atoms. The molecule has 1 unspecified atom stereocenters. The lowest BCUT2D eigenvalue weighted by atomic mass is 9.32. The number of rotatable bonds is 5. The van der Waals surface area contributed by atoms with E-state index in [4.69, 9.17) is 0 Å². The smallest absolute Gasteiger partial charge is 0.303 e. The number of hydrogen-bond donors (Lipinski definition) is 2. The van der Waals surface area contributed by atoms with E-state index in [1.165, 1.54) is 0 Å². The van der Waals surface area contributed by atoms with Crippen LogP contribution in [0.25, 0.3) is 0 Å². The molecule has 9 atom stereocenters. The van der Waals surface area contributed by atoms with E-state index in [1.807, 2.05) is 0 Å². The van der Waals surface area contributed by atoms with Crippen molar-refractivity contribution in [1.29, 1.82) is 0 Å². The predicted molar refractivity (Wildman–Crippen MR) is 147 cm³/mol. The Bertz CT molecular complexity index is 1070. The van der Waals surface area contributed by atoms with Crippen molar-refractivity contribution in [2.24, 2.45) is 56.7 Å². The van der Waals surface area contributed by atoms with E-state index in [0.29, 0.717) is 24.5 Å². The summed E-state index contributed by atoms with van der Waals surface area (Å²) in [7, 11) is 0. The number of carbonyl (C=O) groups is 3. The van der Waals surface area contributed by atoms with Gasteiger partial charge in [0.25, 0.3) is 0 Å². The van der Waals surface area contributed by atoms with Gasteiger partial charge in [-0.1, -0.05) is 48.5 Å². The zero-order valence-electron chi connectivity index (χ0n) is 24.7. The number of carbonyl (C=O) groups excluding carboxylic acids is 2. The molecule has 5 heteroatoms. The summed E-state index contributed by atoms with van der Waals surface area (Å²) in [5, 5.41) is 20.7. The standard InChI is InChI=1S/C33H50O5/c1-19(2)27-22(35)17-33(25(36)18-34)15-14-31(6)21(28(27)33)8-9-24-30(5)12-10-20(16-26(37)38)29(3,4)23(30)11-13-32(24,31)7/h18-21,23-25,36H,8-17H2,1-7H3,(H,37,38)/t20-,21+,23+,24+,25?,30+,31+,32+,33-/m0/s1. The zero-order chi connectivity index (χ0) is 28.1. The zero-order valence-corrected chi connectivity index (χ0v) is 24.7. The van der Waals surface area contributed by atoms with E-state index in [0.717, 1.165) is 56.1 Å². The predicted octanol–water partition coefficient (Wildman–Crippen LogP) is 6.62. The van der Waals surface area contributed by atoms with Crippen LogP contribution in [0.5, 0.6) is 0 Å². The van der Waals surface area contributed by atoms with E-state index >= 15 is 0 Å². The van der Waals surface area contributed by atoms with Crippen molar-refractivity contribution in [2.75, 3.05) is 0 Å². The van der Waals surface area contributed by atoms with E-state index < -0.39 is 17.5 Å². The lowest BCUT2D eigenvalue weighted by Crippen LogP contribution is -2.65. The molecule has 38 heavy (non-hydrogen) atoms. The van der Waals surface area contributed by atoms with Gasteiger partial charge in [0.2, 0.25) is 0 Å². The van der Waals surface area contributed by atoms with Gasteiger partial charge >= 0.3 is 5.97 Å². The molecule has 5 aliphatic carbocycles. The van der Waals surface area contributed by atoms with Crippen LogP contribution in [0.15, 0.2) is 11.1 Å². The van der Waals surface area contributed by atoms with Crippen LogP contribution in [-0.2, 0) is 14.4 Å². The number of carboxylic acids is 1. The summed E-state index contributed by atoms with van der Waals surface area (Å²) in [6.07, 6.45) is 8.14. The van der Waals surface area contributed by atoms with Gasteiger partial charge in [0, 0.05) is 18.3 Å². The third-order valence-corrected chi connectivity index (χ3v) is 13.8. The average Bonchev–Trinajstić information content (AvgIpc) is 3.14. The van der Waals surface area contributed by atoms with Crippen LogP contribution >= 0.6 is 0 Å². The Labute approximate surface area is 229 Å². The third kappa shape index (κ3) is 3.42. The van der Waals surface area contributed by atoms with Crippen LogP contribution in [0.3, 0.4) is 0 Å². The first-order valence-corrected chi connectivity index (χ1v) is 15.2. The fourth-order valence-electron chi connectivity index (χ4n) is 11.8. The molecule has 4 saturated carbocycles. The summed E-state index contributed by atoms with van der Waals surface area (Å²) < 4.78 is 0. The van der Waals surface area contributed by atoms with Crippen molar-refractivity contribution < 1.29 is 24.6 Å². The van der Waals surface area contributed by atoms with Crippen LogP contribution in [-0.4, -0.2) is 34.4 Å². The van der Waals surface area contributed by atoms with Gasteiger partial charge < -0.3 is 15.0 Å². The highest BCUT2D eigenvalue weighted by atomic mass is 16.4. The molecule has 4 fully saturated rings. The number of aliphatic carboxylic acids is 1. The first-order valence-electron chi connectivity index (χ1n) is 15.2. The second-order valence-electron chi connectivity index (χ2n) is 15.6. The first-order chi connectivity index (χ1) is 17.6. The van der Waals surface area contributed by atoms with Crippen molar-refractivity contribution >= 4 is 18.0 Å². The van der Waals surface area contributed by atoms with E-state index in [9.17, 15) is 24.6 Å². The SMILES string of the molecule is CC(C)C1=C2[C@H]3CC[C@@H]4[C@]5(C)CC[C@@H](CC(=O)O)C(C)(C)[C@H]5CC[C@@]4(C)[C@]3(C)CC[C@@]2(C(O)C=O)CC1=O. The van der Waals surface area contributed by atoms with Crippen LogP contribution in [0, 0.1) is 56.7 Å². The van der Waals surface area contributed by atoms with Gasteiger partial charge in [-0.3, -0.25) is 9.59 Å². The van der Waals surface area contributed by atoms with Crippen LogP contribution in [0.2, 0.25) is 0 Å². The van der Waals surface area contributed by atoms with Gasteiger partial charge in [-0.2, -0.15) is 0 Å². The molecule has 5 rings (SSSR count). The molecule has 0 aromatic heterocycles. The van der Waals surface area contributed by atoms with Crippen LogP contribution < -0.4 is 0 Å². The maximum absolute atomic E-state index is 13.4. The average molecular weight is 527 g/mol. The number of aliphatic hydroxyl groups excluding tert-OH is 1. The molecular formula is C33H50O5. The Hall–Kier alpha value is -1.49. The lowest BCUT2D eigenvalue weighted by molar-refractivity contribution is -0.223. The largest absolute Gasteiger partial charge is 0.481 e. The molecule has 0 radical (unpaired) electrons. The molecule has 0 saturated heterocycles. The van der Waals surface area contributed by atoms with Gasteiger partial charge in [0.1, 0.15) is 12.4 Å². The third-order valence-electron chi connectivity index (χ3n) is 13.8. The summed E-state index contributed by atoms with van der Waals surface area (Å²) in [4.78, 5) is 37.1. The molecule has 0 heterocycles. The molecule has 0 aliphatic heterocycles. The van der Waals surface area contributed by atoms with E-state index in [1.54, 1.807) is 0 Å². The number of allylic oxidation sites excluding steroid dienone is 1. The normalized spacial score (nSPS) is 46.6. The maximum Gasteiger partial charge on any atom is 0.303 e. The first kappa shape index (κ1) is 28.1. The maximum atomic E-state index is 13.4. The Morgan fingerprint density at radius 1 is 0.947 bits per heavy atom. The van der Waals surface area contributed by atoms with Gasteiger partial charge in [-0.25, -0.2) is 0 Å². The quantitative estimate of drug-likeness (QED) is 0.393. The van der Waals surface area contributed by atoms with E-state index in [-0.39, 0.29) is 58.0 Å². The van der Waals surface area contributed by atoms with Gasteiger partial charge in [-0.15, -0.1) is 0 Å². The summed E-state index contributed by atoms with van der Waals surface area (Å²) in [5.74, 6) is 1.04. The molecule has 0 amide bonds. The summed E-state index contributed by atoms with van der Waals surface area (Å²) in [5.41, 5.74) is 1.57. The lowest BCUT2D eigenvalue weighted by Gasteiger charge is -2.72. The summed E-state index contributed by atoms with van der Waals surface area (Å²) in [6, 6.07) is 0. The second-order valence-corrected chi connectivity index (χ2v) is 15.6. The Morgan fingerprint density at radius 2 is 1.63 bits per heavy atom. The highest BCUT2D eigenvalue weighted by Crippen LogP contribution is 2.77. The molecule has 5 nitrogen and oxygen atoms in total. The Balaban J connectivity index is 1.57. The molecule has 0 aromatic carbocycles. The molecular weight excluding hydrogens is 476 g/mol. The highest BCUT2D eigenvalue weighted by Gasteiger charge is 2.70. The summed E-state index contributed by atoms with van der Waals surface area (Å²) >= 11 is 0.